The van der Waals surface area contributed by atoms with E-state index in [0.717, 1.165) is 10.1 Å². The maximum atomic E-state index is 12.6. The van der Waals surface area contributed by atoms with Crippen LogP contribution in [0.15, 0.2) is 11.4 Å². The van der Waals surface area contributed by atoms with Crippen molar-refractivity contribution in [2.45, 2.75) is 49.9 Å². The van der Waals surface area contributed by atoms with Crippen molar-refractivity contribution >= 4 is 29.0 Å². The first-order valence-corrected chi connectivity index (χ1v) is 8.76. The lowest BCUT2D eigenvalue weighted by atomic mass is 10.0. The smallest absolute Gasteiger partial charge is 0.264 e. The Morgan fingerprint density at radius 1 is 1.39 bits per heavy atom. The van der Waals surface area contributed by atoms with Gasteiger partial charge in [-0.1, -0.05) is 0 Å². The number of fused-ring (bicyclic) bond motifs is 2. The molecule has 0 aliphatic carbocycles. The number of hydrogen-bond acceptors (Lipinski definition) is 3. The molecule has 0 aromatic carbocycles. The first-order valence-electron chi connectivity index (χ1n) is 6.59. The van der Waals surface area contributed by atoms with Crippen molar-refractivity contribution in [3.8, 4) is 0 Å². The van der Waals surface area contributed by atoms with E-state index >= 15 is 0 Å². The van der Waals surface area contributed by atoms with Crippen LogP contribution in [0.3, 0.4) is 0 Å². The van der Waals surface area contributed by atoms with Crippen molar-refractivity contribution in [1.29, 1.82) is 0 Å². The fourth-order valence-corrected chi connectivity index (χ4v) is 4.99. The Morgan fingerprint density at radius 3 is 2.56 bits per heavy atom. The minimum absolute atomic E-state index is 0.278. The lowest BCUT2D eigenvalue weighted by Gasteiger charge is -2.38. The second-order valence-electron chi connectivity index (χ2n) is 5.41. The molecule has 98 valence electrons. The third-order valence-electron chi connectivity index (χ3n) is 4.20. The van der Waals surface area contributed by atoms with E-state index in [2.05, 4.69) is 23.5 Å². The van der Waals surface area contributed by atoms with Crippen LogP contribution in [-0.2, 0) is 0 Å². The van der Waals surface area contributed by atoms with Crippen LogP contribution >= 0.6 is 23.1 Å². The highest BCUT2D eigenvalue weighted by atomic mass is 32.2. The summed E-state index contributed by atoms with van der Waals surface area (Å²) in [5.74, 6) is 0.278. The summed E-state index contributed by atoms with van der Waals surface area (Å²) in [6.07, 6.45) is 6.99. The third-order valence-corrected chi connectivity index (χ3v) is 6.29. The van der Waals surface area contributed by atoms with Crippen LogP contribution in [0.4, 0.5) is 0 Å². The molecule has 18 heavy (non-hydrogen) atoms. The van der Waals surface area contributed by atoms with E-state index in [0.29, 0.717) is 12.1 Å². The van der Waals surface area contributed by atoms with Crippen LogP contribution in [-0.4, -0.2) is 34.4 Å². The van der Waals surface area contributed by atoms with Crippen LogP contribution in [0, 0.1) is 6.92 Å². The summed E-state index contributed by atoms with van der Waals surface area (Å²) in [5, 5.41) is 2.83. The number of carbonyl (C=O) groups is 1. The summed E-state index contributed by atoms with van der Waals surface area (Å²) in [6.45, 7) is 2.06. The molecule has 1 aromatic heterocycles. The number of hydrogen-bond donors (Lipinski definition) is 0. The van der Waals surface area contributed by atoms with E-state index in [-0.39, 0.29) is 5.91 Å². The van der Waals surface area contributed by atoms with Crippen molar-refractivity contribution in [3.63, 3.8) is 0 Å². The number of thioether (sulfide) groups is 1. The number of rotatable bonds is 2. The molecular weight excluding hydrogens is 262 g/mol. The monoisotopic (exact) mass is 281 g/mol. The van der Waals surface area contributed by atoms with Gasteiger partial charge in [0.2, 0.25) is 0 Å². The summed E-state index contributed by atoms with van der Waals surface area (Å²) in [7, 11) is 0. The summed E-state index contributed by atoms with van der Waals surface area (Å²) in [6, 6.07) is 3.03. The molecular formula is C14H19NOS2. The van der Waals surface area contributed by atoms with Crippen molar-refractivity contribution in [3.05, 3.63) is 21.9 Å². The number of piperidine rings is 1. The molecule has 2 nitrogen and oxygen atoms in total. The standard InChI is InChI=1S/C14H19NOS2/c1-9-5-13(18-8-9)14(16)15-10-3-4-11(15)7-12(6-10)17-2/h5,8,10-12H,3-4,6-7H2,1-2H3. The molecule has 3 heterocycles. The largest absolute Gasteiger partial charge is 0.332 e. The molecule has 4 heteroatoms. The average molecular weight is 281 g/mol. The Balaban J connectivity index is 1.80. The molecule has 2 atom stereocenters. The van der Waals surface area contributed by atoms with Crippen molar-refractivity contribution in [2.24, 2.45) is 0 Å². The molecule has 1 amide bonds. The number of aryl methyl sites for hydroxylation is 1. The lowest BCUT2D eigenvalue weighted by molar-refractivity contribution is 0.0607. The van der Waals surface area contributed by atoms with Gasteiger partial charge in [-0.2, -0.15) is 11.8 Å². The minimum atomic E-state index is 0.278. The average Bonchev–Trinajstić information content (AvgIpc) is 2.90. The molecule has 2 aliphatic rings. The summed E-state index contributed by atoms with van der Waals surface area (Å²) in [5.41, 5.74) is 1.20. The normalized spacial score (nSPS) is 30.8. The summed E-state index contributed by atoms with van der Waals surface area (Å²) in [4.78, 5) is 15.7. The zero-order chi connectivity index (χ0) is 12.7. The quantitative estimate of drug-likeness (QED) is 0.826. The molecule has 0 N–H and O–H groups in total. The summed E-state index contributed by atoms with van der Waals surface area (Å²) >= 11 is 3.56. The van der Waals surface area contributed by atoms with Gasteiger partial charge in [0.15, 0.2) is 0 Å². The first-order chi connectivity index (χ1) is 8.69. The predicted octanol–water partition coefficient (Wildman–Crippen LogP) is 3.56. The van der Waals surface area contributed by atoms with Gasteiger partial charge in [-0.25, -0.2) is 0 Å². The topological polar surface area (TPSA) is 20.3 Å². The van der Waals surface area contributed by atoms with Gasteiger partial charge < -0.3 is 4.90 Å². The second-order valence-corrected chi connectivity index (χ2v) is 7.46. The van der Waals surface area contributed by atoms with Gasteiger partial charge in [0.25, 0.3) is 5.91 Å². The van der Waals surface area contributed by atoms with Crippen LogP contribution in [0.25, 0.3) is 0 Å². The Labute approximate surface area is 117 Å². The number of amides is 1. The zero-order valence-electron chi connectivity index (χ0n) is 10.9. The van der Waals surface area contributed by atoms with Crippen LogP contribution in [0.5, 0.6) is 0 Å². The minimum Gasteiger partial charge on any atom is -0.332 e. The van der Waals surface area contributed by atoms with Crippen molar-refractivity contribution in [2.75, 3.05) is 6.26 Å². The predicted molar refractivity (Wildman–Crippen MR) is 78.6 cm³/mol. The number of carbonyl (C=O) groups excluding carboxylic acids is 1. The molecule has 2 unspecified atom stereocenters. The van der Waals surface area contributed by atoms with Crippen LogP contribution in [0.2, 0.25) is 0 Å². The fraction of sp³-hybridized carbons (Fsp3) is 0.643. The van der Waals surface area contributed by atoms with E-state index in [1.54, 1.807) is 11.3 Å². The maximum absolute atomic E-state index is 12.6. The molecule has 0 radical (unpaired) electrons. The Bertz CT molecular complexity index is 442. The lowest BCUT2D eigenvalue weighted by Crippen LogP contribution is -2.47. The second kappa shape index (κ2) is 4.89. The highest BCUT2D eigenvalue weighted by molar-refractivity contribution is 7.99. The zero-order valence-corrected chi connectivity index (χ0v) is 12.5. The van der Waals surface area contributed by atoms with E-state index in [9.17, 15) is 4.79 Å². The highest BCUT2D eigenvalue weighted by Gasteiger charge is 2.43. The van der Waals surface area contributed by atoms with Gasteiger partial charge in [0.05, 0.1) is 4.88 Å². The van der Waals surface area contributed by atoms with E-state index in [1.165, 1.54) is 31.2 Å². The molecule has 2 saturated heterocycles. The molecule has 3 rings (SSSR count). The van der Waals surface area contributed by atoms with Crippen LogP contribution < -0.4 is 0 Å². The van der Waals surface area contributed by atoms with Gasteiger partial charge in [0.1, 0.15) is 0 Å². The molecule has 2 bridgehead atoms. The number of nitrogens with zero attached hydrogens (tertiary/aromatic N) is 1. The Hall–Kier alpha value is -0.480. The van der Waals surface area contributed by atoms with Gasteiger partial charge in [-0.15, -0.1) is 11.3 Å². The fourth-order valence-electron chi connectivity index (χ4n) is 3.32. The first kappa shape index (κ1) is 12.5. The van der Waals surface area contributed by atoms with E-state index in [4.69, 9.17) is 0 Å². The number of thiophene rings is 1. The highest BCUT2D eigenvalue weighted by Crippen LogP contribution is 2.40. The van der Waals surface area contributed by atoms with Gasteiger partial charge in [0, 0.05) is 17.3 Å². The Morgan fingerprint density at radius 2 is 2.06 bits per heavy atom. The van der Waals surface area contributed by atoms with E-state index < -0.39 is 0 Å². The third kappa shape index (κ3) is 2.10. The maximum Gasteiger partial charge on any atom is 0.264 e. The van der Waals surface area contributed by atoms with Gasteiger partial charge in [-0.05, 0) is 55.9 Å². The van der Waals surface area contributed by atoms with Crippen LogP contribution in [0.1, 0.15) is 40.9 Å². The van der Waals surface area contributed by atoms with Gasteiger partial charge >= 0.3 is 0 Å². The molecule has 0 saturated carbocycles. The van der Waals surface area contributed by atoms with Gasteiger partial charge in [-0.3, -0.25) is 4.79 Å². The van der Waals surface area contributed by atoms with Crippen molar-refractivity contribution in [1.82, 2.24) is 4.90 Å². The molecule has 1 aromatic rings. The molecule has 2 fully saturated rings. The molecule has 0 spiro atoms. The Kier molecular flexibility index (Phi) is 3.41. The SMILES string of the molecule is CSC1CC2CCC(C1)N2C(=O)c1cc(C)cs1. The van der Waals surface area contributed by atoms with E-state index in [1.807, 2.05) is 17.8 Å². The molecule has 2 aliphatic heterocycles. The van der Waals surface area contributed by atoms with Crippen molar-refractivity contribution < 1.29 is 4.79 Å². The summed E-state index contributed by atoms with van der Waals surface area (Å²) < 4.78 is 0.